The second kappa shape index (κ2) is 8.21. The van der Waals surface area contributed by atoms with Gasteiger partial charge in [0.15, 0.2) is 5.76 Å². The molecule has 1 atom stereocenters. The van der Waals surface area contributed by atoms with Crippen molar-refractivity contribution in [2.24, 2.45) is 4.99 Å². The lowest BCUT2D eigenvalue weighted by atomic mass is 10.1. The van der Waals surface area contributed by atoms with Gasteiger partial charge in [-0.2, -0.15) is 4.31 Å². The molecule has 154 valence electrons. The lowest BCUT2D eigenvalue weighted by Gasteiger charge is -2.25. The highest BCUT2D eigenvalue weighted by Gasteiger charge is 2.39. The molecule has 10 nitrogen and oxygen atoms in total. The summed E-state index contributed by atoms with van der Waals surface area (Å²) < 4.78 is 31.8. The number of nitrogens with zero attached hydrogens (tertiary/aromatic N) is 3. The van der Waals surface area contributed by atoms with Crippen molar-refractivity contribution in [3.63, 3.8) is 0 Å². The number of nitro groups is 1. The number of carbonyl (C=O) groups excluding carboxylic acids is 2. The summed E-state index contributed by atoms with van der Waals surface area (Å²) in [5.41, 5.74) is 0.178. The highest BCUT2D eigenvalue weighted by molar-refractivity contribution is 7.89. The summed E-state index contributed by atoms with van der Waals surface area (Å²) in [5.74, 6) is -2.39. The number of allylic oxidation sites excluding steroid dienone is 1. The number of sulfonamides is 1. The molecule has 1 saturated heterocycles. The molecule has 0 radical (unpaired) electrons. The van der Waals surface area contributed by atoms with Gasteiger partial charge in [-0.25, -0.2) is 18.2 Å². The van der Waals surface area contributed by atoms with Gasteiger partial charge < -0.3 is 4.74 Å². The van der Waals surface area contributed by atoms with E-state index in [4.69, 9.17) is 4.74 Å². The van der Waals surface area contributed by atoms with Crippen molar-refractivity contribution in [1.82, 2.24) is 4.31 Å². The van der Waals surface area contributed by atoms with Crippen LogP contribution in [0.15, 0.2) is 46.0 Å². The highest BCUT2D eigenvalue weighted by Crippen LogP contribution is 2.22. The Morgan fingerprint density at radius 1 is 1.21 bits per heavy atom. The van der Waals surface area contributed by atoms with Crippen molar-refractivity contribution in [3.05, 3.63) is 51.8 Å². The van der Waals surface area contributed by atoms with Gasteiger partial charge in [0.25, 0.3) is 0 Å². The average molecular weight is 421 g/mol. The van der Waals surface area contributed by atoms with Crippen LogP contribution in [0.1, 0.15) is 36.5 Å². The van der Waals surface area contributed by atoms with Crippen molar-refractivity contribution in [2.75, 3.05) is 13.1 Å². The Bertz CT molecular complexity index is 1010. The summed E-state index contributed by atoms with van der Waals surface area (Å²) >= 11 is 0. The molecule has 2 heterocycles. The van der Waals surface area contributed by atoms with Gasteiger partial charge in [-0.05, 0) is 44.0 Å². The Labute approximate surface area is 167 Å². The third-order valence-electron chi connectivity index (χ3n) is 4.61. The number of ether oxygens (including phenoxy) is 1. The summed E-state index contributed by atoms with van der Waals surface area (Å²) in [6.45, 7) is 2.36. The number of piperidine rings is 1. The fraction of sp³-hybridized carbons (Fsp3) is 0.389. The van der Waals surface area contributed by atoms with Crippen LogP contribution in [0.5, 0.6) is 0 Å². The van der Waals surface area contributed by atoms with E-state index in [1.165, 1.54) is 35.5 Å². The van der Waals surface area contributed by atoms with Crippen LogP contribution in [-0.2, 0) is 19.6 Å². The predicted molar refractivity (Wildman–Crippen MR) is 101 cm³/mol. The van der Waals surface area contributed by atoms with Gasteiger partial charge in [0.05, 0.1) is 10.5 Å². The number of dihydropyridines is 1. The molecule has 0 aliphatic carbocycles. The van der Waals surface area contributed by atoms with E-state index >= 15 is 0 Å². The van der Waals surface area contributed by atoms with Gasteiger partial charge in [0.2, 0.25) is 10.0 Å². The number of hydrogen-bond acceptors (Lipinski definition) is 7. The SMILES string of the molecule is CC1=NC(=O)C([N+](=O)[O-])C(OC(=O)c2ccc(S(=O)(=O)N3CCCCC3)cc2)=C1. The molecule has 1 aromatic carbocycles. The van der Waals surface area contributed by atoms with E-state index in [2.05, 4.69) is 4.99 Å². The van der Waals surface area contributed by atoms with Crippen molar-refractivity contribution in [2.45, 2.75) is 37.1 Å². The first kappa shape index (κ1) is 20.8. The quantitative estimate of drug-likeness (QED) is 0.399. The van der Waals surface area contributed by atoms with Crippen LogP contribution < -0.4 is 0 Å². The zero-order chi connectivity index (χ0) is 21.2. The Balaban J connectivity index is 1.78. The second-order valence-electron chi connectivity index (χ2n) is 6.70. The normalized spacial score (nSPS) is 20.6. The first-order valence-corrected chi connectivity index (χ1v) is 10.4. The molecule has 0 spiro atoms. The topological polar surface area (TPSA) is 136 Å². The maximum atomic E-state index is 12.7. The molecular weight excluding hydrogens is 402 g/mol. The molecule has 1 aromatic rings. The maximum absolute atomic E-state index is 12.7. The fourth-order valence-electron chi connectivity index (χ4n) is 3.14. The zero-order valence-corrected chi connectivity index (χ0v) is 16.4. The van der Waals surface area contributed by atoms with Crippen molar-refractivity contribution >= 4 is 27.6 Å². The number of rotatable bonds is 5. The highest BCUT2D eigenvalue weighted by atomic mass is 32.2. The Hall–Kier alpha value is -2.92. The zero-order valence-electron chi connectivity index (χ0n) is 15.6. The lowest BCUT2D eigenvalue weighted by molar-refractivity contribution is -0.501. The van der Waals surface area contributed by atoms with Crippen molar-refractivity contribution < 1.29 is 27.7 Å². The summed E-state index contributed by atoms with van der Waals surface area (Å²) in [4.78, 5) is 37.9. The number of hydrogen-bond donors (Lipinski definition) is 0. The first-order valence-electron chi connectivity index (χ1n) is 8.97. The average Bonchev–Trinajstić information content (AvgIpc) is 2.68. The fourth-order valence-corrected chi connectivity index (χ4v) is 4.65. The molecule has 0 aromatic heterocycles. The Kier molecular flexibility index (Phi) is 5.89. The number of aliphatic imine (C=N–C) groups is 1. The molecule has 0 bridgehead atoms. The van der Waals surface area contributed by atoms with E-state index in [0.717, 1.165) is 25.3 Å². The lowest BCUT2D eigenvalue weighted by Crippen LogP contribution is -2.36. The van der Waals surface area contributed by atoms with E-state index in [0.29, 0.717) is 13.1 Å². The van der Waals surface area contributed by atoms with Crippen LogP contribution in [0.3, 0.4) is 0 Å². The van der Waals surface area contributed by atoms with Gasteiger partial charge in [-0.3, -0.25) is 14.9 Å². The molecule has 0 N–H and O–H groups in total. The van der Waals surface area contributed by atoms with Crippen molar-refractivity contribution in [3.8, 4) is 0 Å². The molecule has 1 amide bonds. The standard InChI is InChI=1S/C18H19N3O7S/c1-12-11-15(16(21(24)25)17(22)19-12)28-18(23)13-5-7-14(8-6-13)29(26,27)20-9-3-2-4-10-20/h5-8,11,16H,2-4,9-10H2,1H3. The molecule has 0 saturated carbocycles. The van der Waals surface area contributed by atoms with Crippen LogP contribution in [-0.4, -0.2) is 54.4 Å². The minimum Gasteiger partial charge on any atom is -0.419 e. The number of benzene rings is 1. The maximum Gasteiger partial charge on any atom is 0.348 e. The molecule has 2 aliphatic heterocycles. The Morgan fingerprint density at radius 2 is 1.83 bits per heavy atom. The molecule has 2 aliphatic rings. The number of amides is 1. The van der Waals surface area contributed by atoms with Crippen LogP contribution in [0.4, 0.5) is 0 Å². The second-order valence-corrected chi connectivity index (χ2v) is 8.64. The predicted octanol–water partition coefficient (Wildman–Crippen LogP) is 1.55. The minimum atomic E-state index is -3.65. The molecule has 29 heavy (non-hydrogen) atoms. The summed E-state index contributed by atoms with van der Waals surface area (Å²) in [5, 5.41) is 11.1. The molecule has 11 heteroatoms. The van der Waals surface area contributed by atoms with Crippen LogP contribution in [0, 0.1) is 10.1 Å². The smallest absolute Gasteiger partial charge is 0.348 e. The Morgan fingerprint density at radius 3 is 2.41 bits per heavy atom. The van der Waals surface area contributed by atoms with Gasteiger partial charge in [0, 0.05) is 29.8 Å². The van der Waals surface area contributed by atoms with Gasteiger partial charge in [-0.15, -0.1) is 0 Å². The third-order valence-corrected chi connectivity index (χ3v) is 6.52. The first-order chi connectivity index (χ1) is 13.7. The summed E-state index contributed by atoms with van der Waals surface area (Å²) in [7, 11) is -3.65. The van der Waals surface area contributed by atoms with Gasteiger partial charge in [-0.1, -0.05) is 6.42 Å². The monoisotopic (exact) mass is 421 g/mol. The molecule has 1 unspecified atom stereocenters. The van der Waals surface area contributed by atoms with Crippen LogP contribution >= 0.6 is 0 Å². The van der Waals surface area contributed by atoms with E-state index in [1.807, 2.05) is 0 Å². The summed E-state index contributed by atoms with van der Waals surface area (Å²) in [6, 6.07) is 3.23. The van der Waals surface area contributed by atoms with Gasteiger partial charge >= 0.3 is 17.9 Å². The van der Waals surface area contributed by atoms with E-state index in [1.54, 1.807) is 0 Å². The summed E-state index contributed by atoms with van der Waals surface area (Å²) in [6.07, 6.45) is 3.75. The van der Waals surface area contributed by atoms with E-state index < -0.39 is 38.6 Å². The van der Waals surface area contributed by atoms with E-state index in [-0.39, 0.29) is 16.2 Å². The number of esters is 1. The van der Waals surface area contributed by atoms with E-state index in [9.17, 15) is 28.1 Å². The molecule has 1 fully saturated rings. The van der Waals surface area contributed by atoms with Crippen LogP contribution in [0.2, 0.25) is 0 Å². The molecular formula is C18H19N3O7S. The van der Waals surface area contributed by atoms with Crippen molar-refractivity contribution in [1.29, 1.82) is 0 Å². The van der Waals surface area contributed by atoms with Crippen LogP contribution in [0.25, 0.3) is 0 Å². The largest absolute Gasteiger partial charge is 0.419 e. The number of carbonyl (C=O) groups is 2. The minimum absolute atomic E-state index is 0.00166. The van der Waals surface area contributed by atoms with Gasteiger partial charge in [0.1, 0.15) is 0 Å². The third kappa shape index (κ3) is 4.40. The molecule has 3 rings (SSSR count).